The third-order valence-corrected chi connectivity index (χ3v) is 8.57. The molecule has 4 heterocycles. The van der Waals surface area contributed by atoms with Crippen molar-refractivity contribution in [1.82, 2.24) is 24.3 Å². The van der Waals surface area contributed by atoms with Crippen LogP contribution in [0.3, 0.4) is 0 Å². The van der Waals surface area contributed by atoms with Gasteiger partial charge < -0.3 is 20.7 Å². The molecule has 1 spiro atoms. The molecule has 1 saturated carbocycles. The van der Waals surface area contributed by atoms with Crippen molar-refractivity contribution in [3.63, 3.8) is 0 Å². The molecule has 0 radical (unpaired) electrons. The van der Waals surface area contributed by atoms with Gasteiger partial charge >= 0.3 is 6.18 Å². The molecule has 4 aromatic rings. The molecular weight excluding hydrogens is 613 g/mol. The Kier molecular flexibility index (Phi) is 7.60. The summed E-state index contributed by atoms with van der Waals surface area (Å²) in [6, 6.07) is 5.98. The zero-order valence-corrected chi connectivity index (χ0v) is 24.9. The lowest BCUT2D eigenvalue weighted by molar-refractivity contribution is -0.138. The van der Waals surface area contributed by atoms with Crippen molar-refractivity contribution in [2.45, 2.75) is 51.1 Å². The molecule has 242 valence electrons. The minimum atomic E-state index is -4.61. The van der Waals surface area contributed by atoms with E-state index in [1.165, 1.54) is 23.2 Å². The lowest BCUT2D eigenvalue weighted by atomic mass is 10.0. The molecule has 1 aliphatic heterocycles. The lowest BCUT2D eigenvalue weighted by Crippen LogP contribution is -2.32. The quantitative estimate of drug-likeness (QED) is 0.221. The number of nitrogens with two attached hydrogens (primary N) is 1. The van der Waals surface area contributed by atoms with Crippen LogP contribution in [0.4, 0.5) is 33.6 Å². The van der Waals surface area contributed by atoms with Crippen LogP contribution in [0, 0.1) is 5.41 Å². The van der Waals surface area contributed by atoms with E-state index in [1.807, 2.05) is 6.92 Å². The van der Waals surface area contributed by atoms with Crippen molar-refractivity contribution in [2.24, 2.45) is 5.41 Å². The minimum absolute atomic E-state index is 0.0362. The maximum atomic E-state index is 14.8. The Balaban J connectivity index is 1.35. The molecule has 2 fully saturated rings. The average molecular weight is 644 g/mol. The summed E-state index contributed by atoms with van der Waals surface area (Å²) >= 11 is 0. The van der Waals surface area contributed by atoms with Gasteiger partial charge in [-0.2, -0.15) is 13.2 Å². The van der Waals surface area contributed by atoms with Crippen LogP contribution in [0.25, 0.3) is 16.8 Å². The molecule has 15 heteroatoms. The zero-order chi connectivity index (χ0) is 33.0. The minimum Gasteiger partial charge on any atom is -0.493 e. The number of hydrogen-bond acceptors (Lipinski definition) is 7. The second-order valence-corrected chi connectivity index (χ2v) is 11.5. The van der Waals surface area contributed by atoms with Crippen molar-refractivity contribution in [3.8, 4) is 17.0 Å². The third-order valence-electron chi connectivity index (χ3n) is 8.57. The SMILES string of the molecule is CCOc1cc(C(=O)Nc2cc(C(F)(F)F)ccn2)ccc1-c1nc([C@H](CC)CN2CC(F)(F)C3(CC3)C2=O)n2ccnc(N)c12. The van der Waals surface area contributed by atoms with Crippen LogP contribution in [0.1, 0.15) is 60.8 Å². The predicted molar refractivity (Wildman–Crippen MR) is 157 cm³/mol. The number of carbonyl (C=O) groups excluding carboxylic acids is 2. The van der Waals surface area contributed by atoms with Crippen LogP contribution >= 0.6 is 0 Å². The topological polar surface area (TPSA) is 128 Å². The predicted octanol–water partition coefficient (Wildman–Crippen LogP) is 5.79. The van der Waals surface area contributed by atoms with Gasteiger partial charge in [0.1, 0.15) is 39.8 Å². The molecule has 1 aromatic carbocycles. The number of amides is 2. The Morgan fingerprint density at radius 1 is 1.13 bits per heavy atom. The Morgan fingerprint density at radius 3 is 2.54 bits per heavy atom. The van der Waals surface area contributed by atoms with Gasteiger partial charge in [0.2, 0.25) is 5.91 Å². The Bertz CT molecular complexity index is 1840. The van der Waals surface area contributed by atoms with E-state index in [2.05, 4.69) is 15.3 Å². The summed E-state index contributed by atoms with van der Waals surface area (Å²) in [4.78, 5) is 40.2. The second kappa shape index (κ2) is 11.2. The van der Waals surface area contributed by atoms with Crippen LogP contribution in [0.15, 0.2) is 48.9 Å². The highest BCUT2D eigenvalue weighted by Crippen LogP contribution is 2.61. The van der Waals surface area contributed by atoms with E-state index in [9.17, 15) is 31.5 Å². The van der Waals surface area contributed by atoms with Crippen molar-refractivity contribution in [2.75, 3.05) is 30.7 Å². The zero-order valence-electron chi connectivity index (χ0n) is 24.9. The molecule has 3 aromatic heterocycles. The number of nitrogen functional groups attached to an aromatic ring is 1. The highest BCUT2D eigenvalue weighted by Gasteiger charge is 2.72. The number of pyridine rings is 1. The Hall–Kier alpha value is -4.82. The van der Waals surface area contributed by atoms with E-state index in [0.717, 1.165) is 18.3 Å². The smallest absolute Gasteiger partial charge is 0.416 e. The molecule has 1 saturated heterocycles. The monoisotopic (exact) mass is 643 g/mol. The average Bonchev–Trinajstić information content (AvgIpc) is 3.71. The summed E-state index contributed by atoms with van der Waals surface area (Å²) in [5.41, 5.74) is 5.06. The van der Waals surface area contributed by atoms with Gasteiger partial charge in [-0.05, 0) is 56.5 Å². The highest BCUT2D eigenvalue weighted by molar-refractivity contribution is 6.04. The number of nitrogens with zero attached hydrogens (tertiary/aromatic N) is 5. The van der Waals surface area contributed by atoms with Gasteiger partial charge in [-0.1, -0.05) is 6.92 Å². The number of halogens is 5. The number of anilines is 2. The van der Waals surface area contributed by atoms with Gasteiger partial charge in [0, 0.05) is 42.2 Å². The van der Waals surface area contributed by atoms with Crippen molar-refractivity contribution >= 4 is 29.0 Å². The number of likely N-dealkylation sites (tertiary alicyclic amines) is 1. The Labute approximate surface area is 259 Å². The van der Waals surface area contributed by atoms with Gasteiger partial charge in [-0.25, -0.2) is 23.7 Å². The van der Waals surface area contributed by atoms with Crippen LogP contribution in [0.5, 0.6) is 5.75 Å². The second-order valence-electron chi connectivity index (χ2n) is 11.5. The van der Waals surface area contributed by atoms with Crippen LogP contribution in [-0.4, -0.2) is 61.7 Å². The van der Waals surface area contributed by atoms with Gasteiger partial charge in [-0.3, -0.25) is 14.0 Å². The number of nitrogens with one attached hydrogen (secondary N) is 1. The molecule has 1 atom stereocenters. The Morgan fingerprint density at radius 2 is 1.89 bits per heavy atom. The van der Waals surface area contributed by atoms with Gasteiger partial charge in [0.15, 0.2) is 0 Å². The summed E-state index contributed by atoms with van der Waals surface area (Å²) in [6.07, 6.45) is 0.297. The van der Waals surface area contributed by atoms with E-state index >= 15 is 0 Å². The van der Waals surface area contributed by atoms with E-state index in [0.29, 0.717) is 29.0 Å². The maximum Gasteiger partial charge on any atom is 0.416 e. The normalized spacial score (nSPS) is 17.5. The molecule has 2 aliphatic rings. The molecule has 0 unspecified atom stereocenters. The number of benzene rings is 1. The first kappa shape index (κ1) is 31.2. The summed E-state index contributed by atoms with van der Waals surface area (Å²) in [7, 11) is 0. The third kappa shape index (κ3) is 5.26. The molecule has 46 heavy (non-hydrogen) atoms. The summed E-state index contributed by atoms with van der Waals surface area (Å²) in [6.45, 7) is 3.20. The van der Waals surface area contributed by atoms with Crippen molar-refractivity contribution in [1.29, 1.82) is 0 Å². The number of fused-ring (bicyclic) bond motifs is 1. The van der Waals surface area contributed by atoms with Crippen molar-refractivity contribution < 1.29 is 36.3 Å². The first-order chi connectivity index (χ1) is 21.8. The molecule has 10 nitrogen and oxygen atoms in total. The highest BCUT2D eigenvalue weighted by atomic mass is 19.4. The van der Waals surface area contributed by atoms with E-state index < -0.39 is 47.4 Å². The number of hydrogen-bond donors (Lipinski definition) is 2. The van der Waals surface area contributed by atoms with Crippen LogP contribution < -0.4 is 15.8 Å². The first-order valence-corrected chi connectivity index (χ1v) is 14.7. The number of imidazole rings is 1. The molecule has 1 aliphatic carbocycles. The fraction of sp³-hybridized carbons (Fsp3) is 0.387. The summed E-state index contributed by atoms with van der Waals surface area (Å²) < 4.78 is 76.5. The largest absolute Gasteiger partial charge is 0.493 e. The number of ether oxygens (including phenoxy) is 1. The van der Waals surface area contributed by atoms with Crippen LogP contribution in [-0.2, 0) is 11.0 Å². The van der Waals surface area contributed by atoms with Gasteiger partial charge in [-0.15, -0.1) is 0 Å². The molecular formula is C31H30F5N7O3. The lowest BCUT2D eigenvalue weighted by Gasteiger charge is -2.22. The standard InChI is InChI=1S/C31H30F5N7O3/c1-3-17(15-42-16-30(32,33)29(8-9-29)28(42)45)26-41-23(24-25(37)39-11-12-43(24)26)20-6-5-18(13-21(20)46-4-2)27(44)40-22-14-19(7-10-38-22)31(34,35)36/h5-7,10-14,17H,3-4,8-9,15-16H2,1-2H3,(H2,37,39)(H,38,40,44)/t17-/m1/s1. The fourth-order valence-corrected chi connectivity index (χ4v) is 5.99. The molecule has 0 bridgehead atoms. The van der Waals surface area contributed by atoms with Crippen LogP contribution in [0.2, 0.25) is 0 Å². The molecule has 6 rings (SSSR count). The number of rotatable bonds is 9. The number of alkyl halides is 5. The number of carbonyl (C=O) groups is 2. The molecule has 3 N–H and O–H groups in total. The first-order valence-electron chi connectivity index (χ1n) is 14.7. The van der Waals surface area contributed by atoms with Crippen molar-refractivity contribution in [3.05, 3.63) is 65.9 Å². The summed E-state index contributed by atoms with van der Waals surface area (Å²) in [5.74, 6) is -4.21. The number of aromatic nitrogens is 4. The van der Waals surface area contributed by atoms with E-state index in [-0.39, 0.29) is 48.9 Å². The van der Waals surface area contributed by atoms with E-state index in [1.54, 1.807) is 23.6 Å². The maximum absolute atomic E-state index is 14.8. The van der Waals surface area contributed by atoms with Gasteiger partial charge in [0.05, 0.1) is 18.7 Å². The fourth-order valence-electron chi connectivity index (χ4n) is 5.99. The summed E-state index contributed by atoms with van der Waals surface area (Å²) in [5, 5.41) is 2.38. The molecule has 2 amide bonds. The van der Waals surface area contributed by atoms with Gasteiger partial charge in [0.25, 0.3) is 11.8 Å². The van der Waals surface area contributed by atoms with E-state index in [4.69, 9.17) is 15.5 Å².